The molecule has 2 heterocycles. The van der Waals surface area contributed by atoms with E-state index in [0.717, 1.165) is 32.6 Å². The molecule has 2 aromatic heterocycles. The van der Waals surface area contributed by atoms with Gasteiger partial charge >= 0.3 is 0 Å². The van der Waals surface area contributed by atoms with Gasteiger partial charge in [0.1, 0.15) is 0 Å². The first kappa shape index (κ1) is 20.1. The maximum absolute atomic E-state index is 14.8. The summed E-state index contributed by atoms with van der Waals surface area (Å²) in [5.74, 6) is 0. The van der Waals surface area contributed by atoms with Gasteiger partial charge in [0.15, 0.2) is 7.14 Å². The van der Waals surface area contributed by atoms with Crippen molar-refractivity contribution < 1.29 is 4.57 Å². The van der Waals surface area contributed by atoms with E-state index in [-0.39, 0.29) is 0 Å². The Hall–Kier alpha value is -3.52. The van der Waals surface area contributed by atoms with Gasteiger partial charge in [-0.1, -0.05) is 72.8 Å². The Balaban J connectivity index is 1.60. The minimum Gasteiger partial charge on any atom is -0.309 e. The van der Waals surface area contributed by atoms with Crippen LogP contribution in [0.5, 0.6) is 0 Å². The molecule has 0 atom stereocenters. The Labute approximate surface area is 196 Å². The van der Waals surface area contributed by atoms with Crippen molar-refractivity contribution in [3.05, 3.63) is 121 Å². The van der Waals surface area contributed by atoms with Gasteiger partial charge in [0, 0.05) is 47.8 Å². The number of aromatic nitrogens is 1. The summed E-state index contributed by atoms with van der Waals surface area (Å²) in [6.07, 6.45) is 1.82. The highest BCUT2D eigenvalue weighted by Gasteiger charge is 2.30. The summed E-state index contributed by atoms with van der Waals surface area (Å²) in [6, 6.07) is 38.4. The van der Waals surface area contributed by atoms with Crippen LogP contribution in [0.1, 0.15) is 0 Å². The van der Waals surface area contributed by atoms with Gasteiger partial charge in [-0.3, -0.25) is 4.98 Å². The summed E-state index contributed by atoms with van der Waals surface area (Å²) in [5, 5.41) is 4.87. The van der Waals surface area contributed by atoms with Crippen LogP contribution in [-0.2, 0) is 4.57 Å². The third-order valence-electron chi connectivity index (χ3n) is 6.02. The summed E-state index contributed by atoms with van der Waals surface area (Å²) in [5.41, 5.74) is 2.04. The second kappa shape index (κ2) is 8.12. The van der Waals surface area contributed by atoms with E-state index in [2.05, 4.69) is 35.3 Å². The quantitative estimate of drug-likeness (QED) is 0.272. The van der Waals surface area contributed by atoms with Crippen LogP contribution in [0, 0.1) is 0 Å². The molecule has 0 radical (unpaired) electrons. The fourth-order valence-electron chi connectivity index (χ4n) is 4.38. The van der Waals surface area contributed by atoms with Gasteiger partial charge in [-0.2, -0.15) is 0 Å². The highest BCUT2D eigenvalue weighted by Crippen LogP contribution is 2.44. The Bertz CT molecular complexity index is 1580. The van der Waals surface area contributed by atoms with Crippen LogP contribution >= 0.6 is 18.5 Å². The molecule has 0 amide bonds. The van der Waals surface area contributed by atoms with Crippen molar-refractivity contribution in [2.24, 2.45) is 0 Å². The molecule has 0 aliphatic carbocycles. The number of nitrogens with zero attached hydrogens (tertiary/aromatic N) is 1. The zero-order valence-corrected chi connectivity index (χ0v) is 19.5. The topological polar surface area (TPSA) is 30.0 Å². The minimum atomic E-state index is -3.01. The molecule has 6 rings (SSSR count). The number of fused-ring (bicyclic) bond motifs is 3. The van der Waals surface area contributed by atoms with E-state index in [1.807, 2.05) is 91.1 Å². The van der Waals surface area contributed by atoms with E-state index in [4.69, 9.17) is 0 Å². The van der Waals surface area contributed by atoms with E-state index in [1.165, 1.54) is 14.8 Å². The second-order valence-electron chi connectivity index (χ2n) is 7.99. The first-order valence-electron chi connectivity index (χ1n) is 10.8. The van der Waals surface area contributed by atoms with E-state index in [9.17, 15) is 4.57 Å². The van der Waals surface area contributed by atoms with Crippen LogP contribution < -0.4 is 15.9 Å². The molecule has 0 unspecified atom stereocenters. The summed E-state index contributed by atoms with van der Waals surface area (Å²) in [7, 11) is -3.01. The van der Waals surface area contributed by atoms with Crippen LogP contribution in [0.3, 0.4) is 0 Å². The van der Waals surface area contributed by atoms with Crippen molar-refractivity contribution in [2.75, 3.05) is 0 Å². The lowest BCUT2D eigenvalue weighted by Gasteiger charge is -2.20. The van der Waals surface area contributed by atoms with Gasteiger partial charge in [-0.15, -0.1) is 11.3 Å². The average molecular weight is 462 g/mol. The molecule has 4 heteroatoms. The molecule has 0 saturated carbocycles. The number of benzene rings is 4. The standard InChI is InChI=1S/C29H20NOPS/c31-32(22-9-3-1-4-10-22,23-11-5-2-6-12-23)24-15-17-29-26(20-24)25-19-21(14-16-28(25)33-29)27-13-7-8-18-30-27/h1-20H. The first-order chi connectivity index (χ1) is 16.2. The highest BCUT2D eigenvalue weighted by molar-refractivity contribution is 7.85. The predicted octanol–water partition coefficient (Wildman–Crippen LogP) is 6.76. The molecule has 6 aromatic rings. The number of rotatable bonds is 4. The molecule has 33 heavy (non-hydrogen) atoms. The molecule has 158 valence electrons. The van der Waals surface area contributed by atoms with Gasteiger partial charge in [-0.25, -0.2) is 0 Å². The van der Waals surface area contributed by atoms with Gasteiger partial charge in [0.05, 0.1) is 5.69 Å². The first-order valence-corrected chi connectivity index (χ1v) is 13.4. The third kappa shape index (κ3) is 3.41. The molecular formula is C29H20NOPS. The van der Waals surface area contributed by atoms with Crippen LogP contribution in [0.2, 0.25) is 0 Å². The average Bonchev–Trinajstić information content (AvgIpc) is 3.27. The summed E-state index contributed by atoms with van der Waals surface area (Å²) < 4.78 is 17.2. The largest absolute Gasteiger partial charge is 0.309 e. The van der Waals surface area contributed by atoms with E-state index in [1.54, 1.807) is 11.3 Å². The zero-order valence-electron chi connectivity index (χ0n) is 17.8. The van der Waals surface area contributed by atoms with Crippen LogP contribution in [0.25, 0.3) is 31.4 Å². The molecule has 4 aromatic carbocycles. The minimum absolute atomic E-state index is 0.851. The molecule has 0 aliphatic heterocycles. The molecule has 0 bridgehead atoms. The van der Waals surface area contributed by atoms with Crippen LogP contribution in [0.15, 0.2) is 121 Å². The number of hydrogen-bond donors (Lipinski definition) is 0. The maximum Gasteiger partial charge on any atom is 0.171 e. The van der Waals surface area contributed by atoms with Gasteiger partial charge in [0.2, 0.25) is 0 Å². The predicted molar refractivity (Wildman–Crippen MR) is 142 cm³/mol. The molecule has 0 saturated heterocycles. The number of pyridine rings is 1. The van der Waals surface area contributed by atoms with Crippen molar-refractivity contribution in [2.45, 2.75) is 0 Å². The Morgan fingerprint density at radius 2 is 1.18 bits per heavy atom. The fraction of sp³-hybridized carbons (Fsp3) is 0. The SMILES string of the molecule is O=P(c1ccccc1)(c1ccccc1)c1ccc2sc3ccc(-c4ccccn4)cc3c2c1. The Morgan fingerprint density at radius 1 is 0.576 bits per heavy atom. The lowest BCUT2D eigenvalue weighted by molar-refractivity contribution is 0.592. The van der Waals surface area contributed by atoms with E-state index in [0.29, 0.717) is 0 Å². The normalized spacial score (nSPS) is 11.8. The van der Waals surface area contributed by atoms with Crippen molar-refractivity contribution in [3.8, 4) is 11.3 Å². The van der Waals surface area contributed by atoms with Crippen LogP contribution in [-0.4, -0.2) is 4.98 Å². The second-order valence-corrected chi connectivity index (χ2v) is 11.8. The highest BCUT2D eigenvalue weighted by atomic mass is 32.1. The summed E-state index contributed by atoms with van der Waals surface area (Å²) >= 11 is 1.77. The van der Waals surface area contributed by atoms with Crippen molar-refractivity contribution in [1.29, 1.82) is 0 Å². The molecular weight excluding hydrogens is 441 g/mol. The number of hydrogen-bond acceptors (Lipinski definition) is 3. The lowest BCUT2D eigenvalue weighted by atomic mass is 10.1. The molecule has 2 nitrogen and oxygen atoms in total. The summed E-state index contributed by atoms with van der Waals surface area (Å²) in [6.45, 7) is 0. The molecule has 0 spiro atoms. The fourth-order valence-corrected chi connectivity index (χ4v) is 8.12. The van der Waals surface area contributed by atoms with Crippen molar-refractivity contribution >= 4 is 54.6 Å². The smallest absolute Gasteiger partial charge is 0.171 e. The van der Waals surface area contributed by atoms with Crippen molar-refractivity contribution in [1.82, 2.24) is 4.98 Å². The Kier molecular flexibility index (Phi) is 4.95. The monoisotopic (exact) mass is 461 g/mol. The van der Waals surface area contributed by atoms with Gasteiger partial charge in [-0.05, 0) is 42.5 Å². The van der Waals surface area contributed by atoms with Crippen LogP contribution in [0.4, 0.5) is 0 Å². The van der Waals surface area contributed by atoms with E-state index >= 15 is 0 Å². The molecule has 0 N–H and O–H groups in total. The Morgan fingerprint density at radius 3 is 1.82 bits per heavy atom. The number of thiophene rings is 1. The lowest BCUT2D eigenvalue weighted by Crippen LogP contribution is -2.24. The summed E-state index contributed by atoms with van der Waals surface area (Å²) in [4.78, 5) is 4.52. The molecule has 0 aliphatic rings. The zero-order chi connectivity index (χ0) is 22.3. The van der Waals surface area contributed by atoms with E-state index < -0.39 is 7.14 Å². The third-order valence-corrected chi connectivity index (χ3v) is 10.2. The van der Waals surface area contributed by atoms with Gasteiger partial charge in [0.25, 0.3) is 0 Å². The maximum atomic E-state index is 14.8. The van der Waals surface area contributed by atoms with Gasteiger partial charge < -0.3 is 4.57 Å². The van der Waals surface area contributed by atoms with Crippen molar-refractivity contribution in [3.63, 3.8) is 0 Å². The molecule has 0 fully saturated rings.